The highest BCUT2D eigenvalue weighted by Crippen LogP contribution is 2.26. The van der Waals surface area contributed by atoms with Gasteiger partial charge in [-0.05, 0) is 42.0 Å². The number of amides is 1. The molecule has 4 aromatic rings. The van der Waals surface area contributed by atoms with Crippen molar-refractivity contribution in [2.45, 2.75) is 6.54 Å². The zero-order chi connectivity index (χ0) is 20.9. The van der Waals surface area contributed by atoms with Gasteiger partial charge in [0.15, 0.2) is 5.69 Å². The van der Waals surface area contributed by atoms with E-state index in [1.165, 1.54) is 0 Å². The van der Waals surface area contributed by atoms with E-state index in [1.54, 1.807) is 24.2 Å². The third-order valence-corrected chi connectivity index (χ3v) is 5.03. The number of carbonyl (C=O) groups excluding carboxylic acids is 1. The first-order valence-electron chi connectivity index (χ1n) is 9.19. The third-order valence-electron chi connectivity index (χ3n) is 4.50. The topological polar surface area (TPSA) is 81.9 Å². The SMILES string of the molecule is COc1cccc(-n2nnc(C(=O)NCc3ccc(Br)cc3)c2-c2ccncc2)c1. The number of benzene rings is 2. The fourth-order valence-corrected chi connectivity index (χ4v) is 3.26. The van der Waals surface area contributed by atoms with E-state index < -0.39 is 0 Å². The van der Waals surface area contributed by atoms with E-state index in [-0.39, 0.29) is 11.6 Å². The lowest BCUT2D eigenvalue weighted by Crippen LogP contribution is -2.24. The van der Waals surface area contributed by atoms with Gasteiger partial charge in [-0.25, -0.2) is 4.68 Å². The Hall–Kier alpha value is -3.52. The molecule has 30 heavy (non-hydrogen) atoms. The summed E-state index contributed by atoms with van der Waals surface area (Å²) >= 11 is 3.41. The lowest BCUT2D eigenvalue weighted by atomic mass is 10.1. The van der Waals surface area contributed by atoms with Crippen LogP contribution in [0, 0.1) is 0 Å². The largest absolute Gasteiger partial charge is 0.497 e. The fourth-order valence-electron chi connectivity index (χ4n) is 2.99. The van der Waals surface area contributed by atoms with Crippen molar-refractivity contribution in [1.29, 1.82) is 0 Å². The molecule has 0 unspecified atom stereocenters. The maximum Gasteiger partial charge on any atom is 0.274 e. The second kappa shape index (κ2) is 8.87. The van der Waals surface area contributed by atoms with Crippen molar-refractivity contribution in [3.8, 4) is 22.7 Å². The summed E-state index contributed by atoms with van der Waals surface area (Å²) in [7, 11) is 1.60. The van der Waals surface area contributed by atoms with Crippen LogP contribution in [0.15, 0.2) is 77.5 Å². The number of hydrogen-bond acceptors (Lipinski definition) is 5. The number of pyridine rings is 1. The molecule has 4 rings (SSSR count). The normalized spacial score (nSPS) is 10.6. The van der Waals surface area contributed by atoms with Gasteiger partial charge in [0.2, 0.25) is 0 Å². The average molecular weight is 464 g/mol. The minimum atomic E-state index is -0.307. The Morgan fingerprint density at radius 3 is 2.60 bits per heavy atom. The van der Waals surface area contributed by atoms with Gasteiger partial charge >= 0.3 is 0 Å². The predicted molar refractivity (Wildman–Crippen MR) is 116 cm³/mol. The second-order valence-corrected chi connectivity index (χ2v) is 7.36. The molecule has 0 aliphatic heterocycles. The molecule has 0 fully saturated rings. The van der Waals surface area contributed by atoms with Crippen molar-refractivity contribution in [1.82, 2.24) is 25.3 Å². The Balaban J connectivity index is 1.69. The van der Waals surface area contributed by atoms with E-state index in [1.807, 2.05) is 60.7 Å². The summed E-state index contributed by atoms with van der Waals surface area (Å²) in [4.78, 5) is 17.0. The van der Waals surface area contributed by atoms with E-state index in [4.69, 9.17) is 4.74 Å². The van der Waals surface area contributed by atoms with E-state index in [0.717, 1.165) is 21.3 Å². The molecule has 1 N–H and O–H groups in total. The molecule has 8 heteroatoms. The Morgan fingerprint density at radius 2 is 1.87 bits per heavy atom. The molecule has 0 bridgehead atoms. The Labute approximate surface area is 181 Å². The van der Waals surface area contributed by atoms with Gasteiger partial charge in [-0.15, -0.1) is 5.10 Å². The van der Waals surface area contributed by atoms with Gasteiger partial charge in [-0.1, -0.05) is 39.3 Å². The molecular weight excluding hydrogens is 446 g/mol. The van der Waals surface area contributed by atoms with Crippen molar-refractivity contribution in [2.24, 2.45) is 0 Å². The van der Waals surface area contributed by atoms with Crippen LogP contribution in [0.5, 0.6) is 5.75 Å². The van der Waals surface area contributed by atoms with E-state index in [9.17, 15) is 4.79 Å². The van der Waals surface area contributed by atoms with Crippen molar-refractivity contribution < 1.29 is 9.53 Å². The van der Waals surface area contributed by atoms with Crippen LogP contribution < -0.4 is 10.1 Å². The van der Waals surface area contributed by atoms with Crippen LogP contribution in [-0.4, -0.2) is 33.0 Å². The molecule has 0 radical (unpaired) electrons. The third kappa shape index (κ3) is 4.23. The minimum Gasteiger partial charge on any atom is -0.497 e. The minimum absolute atomic E-state index is 0.237. The van der Waals surface area contributed by atoms with Gasteiger partial charge in [-0.2, -0.15) is 0 Å². The number of methoxy groups -OCH3 is 1. The van der Waals surface area contributed by atoms with Gasteiger partial charge in [-0.3, -0.25) is 9.78 Å². The fraction of sp³-hybridized carbons (Fsp3) is 0.0909. The van der Waals surface area contributed by atoms with Crippen molar-refractivity contribution in [3.63, 3.8) is 0 Å². The molecule has 0 aliphatic carbocycles. The van der Waals surface area contributed by atoms with E-state index in [2.05, 4.69) is 36.5 Å². The first kappa shape index (κ1) is 19.8. The molecule has 0 aliphatic rings. The van der Waals surface area contributed by atoms with Gasteiger partial charge in [0, 0.05) is 35.0 Å². The number of carbonyl (C=O) groups is 1. The molecule has 2 aromatic carbocycles. The predicted octanol–water partition coefficient (Wildman–Crippen LogP) is 4.03. The zero-order valence-corrected chi connectivity index (χ0v) is 17.7. The molecule has 1 amide bonds. The zero-order valence-electron chi connectivity index (χ0n) is 16.1. The number of halogens is 1. The highest BCUT2D eigenvalue weighted by Gasteiger charge is 2.22. The van der Waals surface area contributed by atoms with Gasteiger partial charge in [0.25, 0.3) is 5.91 Å². The van der Waals surface area contributed by atoms with Crippen molar-refractivity contribution in [3.05, 3.63) is 88.8 Å². The smallest absolute Gasteiger partial charge is 0.274 e. The Morgan fingerprint density at radius 1 is 1.10 bits per heavy atom. The molecule has 0 spiro atoms. The molecule has 150 valence electrons. The second-order valence-electron chi connectivity index (χ2n) is 6.44. The van der Waals surface area contributed by atoms with Crippen LogP contribution in [0.4, 0.5) is 0 Å². The number of nitrogens with zero attached hydrogens (tertiary/aromatic N) is 4. The number of ether oxygens (including phenoxy) is 1. The van der Waals surface area contributed by atoms with Crippen LogP contribution in [0.2, 0.25) is 0 Å². The summed E-state index contributed by atoms with van der Waals surface area (Å²) in [5.74, 6) is 0.379. The molecule has 2 aromatic heterocycles. The molecule has 0 saturated carbocycles. The highest BCUT2D eigenvalue weighted by molar-refractivity contribution is 9.10. The summed E-state index contributed by atoms with van der Waals surface area (Å²) in [5.41, 5.74) is 3.32. The van der Waals surface area contributed by atoms with Crippen molar-refractivity contribution >= 4 is 21.8 Å². The molecular formula is C22H18BrN5O2. The summed E-state index contributed by atoms with van der Waals surface area (Å²) < 4.78 is 7.93. The summed E-state index contributed by atoms with van der Waals surface area (Å²) in [6.07, 6.45) is 3.34. The first-order valence-corrected chi connectivity index (χ1v) is 9.98. The van der Waals surface area contributed by atoms with Crippen LogP contribution in [0.25, 0.3) is 16.9 Å². The van der Waals surface area contributed by atoms with E-state index >= 15 is 0 Å². The lowest BCUT2D eigenvalue weighted by molar-refractivity contribution is 0.0946. The van der Waals surface area contributed by atoms with Gasteiger partial charge in [0.05, 0.1) is 12.8 Å². The molecule has 7 nitrogen and oxygen atoms in total. The monoisotopic (exact) mass is 463 g/mol. The average Bonchev–Trinajstić information content (AvgIpc) is 3.24. The standard InChI is InChI=1S/C22H18BrN5O2/c1-30-19-4-2-3-18(13-19)28-21(16-9-11-24-12-10-16)20(26-27-28)22(29)25-14-15-5-7-17(23)8-6-15/h2-13H,14H2,1H3,(H,25,29). The number of nitrogens with one attached hydrogen (secondary N) is 1. The summed E-state index contributed by atoms with van der Waals surface area (Å²) in [6.45, 7) is 0.383. The Bertz CT molecular complexity index is 1160. The molecule has 0 atom stereocenters. The van der Waals surface area contributed by atoms with Crippen LogP contribution >= 0.6 is 15.9 Å². The summed E-state index contributed by atoms with van der Waals surface area (Å²) in [6, 6.07) is 18.8. The molecule has 0 saturated heterocycles. The number of aromatic nitrogens is 4. The van der Waals surface area contributed by atoms with E-state index in [0.29, 0.717) is 18.0 Å². The first-order chi connectivity index (χ1) is 14.7. The number of hydrogen-bond donors (Lipinski definition) is 1. The lowest BCUT2D eigenvalue weighted by Gasteiger charge is -2.10. The quantitative estimate of drug-likeness (QED) is 0.466. The summed E-state index contributed by atoms with van der Waals surface area (Å²) in [5, 5.41) is 11.4. The van der Waals surface area contributed by atoms with Crippen LogP contribution in [0.1, 0.15) is 16.1 Å². The maximum absolute atomic E-state index is 13.0. The van der Waals surface area contributed by atoms with Crippen LogP contribution in [-0.2, 0) is 6.54 Å². The molecule has 2 heterocycles. The highest BCUT2D eigenvalue weighted by atomic mass is 79.9. The maximum atomic E-state index is 13.0. The van der Waals surface area contributed by atoms with Gasteiger partial charge < -0.3 is 10.1 Å². The Kier molecular flexibility index (Phi) is 5.85. The van der Waals surface area contributed by atoms with Crippen LogP contribution in [0.3, 0.4) is 0 Å². The van der Waals surface area contributed by atoms with Crippen molar-refractivity contribution in [2.75, 3.05) is 7.11 Å². The van der Waals surface area contributed by atoms with Gasteiger partial charge in [0.1, 0.15) is 11.4 Å². The number of rotatable bonds is 6.